The van der Waals surface area contributed by atoms with Gasteiger partial charge in [0.15, 0.2) is 0 Å². The second-order valence-corrected chi connectivity index (χ2v) is 4.68. The molecule has 1 saturated carbocycles. The molecule has 1 aliphatic rings. The molecule has 1 aromatic heterocycles. The summed E-state index contributed by atoms with van der Waals surface area (Å²) in [6, 6.07) is 1.51. The lowest BCUT2D eigenvalue weighted by Gasteiger charge is -2.22. The summed E-state index contributed by atoms with van der Waals surface area (Å²) < 4.78 is 1.45. The summed E-state index contributed by atoms with van der Waals surface area (Å²) in [5.41, 5.74) is 0.657. The minimum absolute atomic E-state index is 0.0556. The van der Waals surface area contributed by atoms with Gasteiger partial charge in [0.1, 0.15) is 5.78 Å². The van der Waals surface area contributed by atoms with Crippen molar-refractivity contribution in [3.05, 3.63) is 22.6 Å². The van der Waals surface area contributed by atoms with Crippen molar-refractivity contribution in [1.82, 2.24) is 9.78 Å². The van der Waals surface area contributed by atoms with Crippen LogP contribution in [0.3, 0.4) is 0 Å². The Kier molecular flexibility index (Phi) is 3.26. The monoisotopic (exact) mass is 235 g/mol. The number of carbonyl (C=O) groups excluding carboxylic acids is 1. The van der Waals surface area contributed by atoms with Gasteiger partial charge in [-0.05, 0) is 12.8 Å². The van der Waals surface area contributed by atoms with Crippen molar-refractivity contribution in [1.29, 1.82) is 0 Å². The summed E-state index contributed by atoms with van der Waals surface area (Å²) in [5, 5.41) is 4.17. The van der Waals surface area contributed by atoms with Gasteiger partial charge in [0.05, 0.1) is 17.9 Å². The van der Waals surface area contributed by atoms with E-state index in [4.69, 9.17) is 0 Å². The molecule has 17 heavy (non-hydrogen) atoms. The maximum absolute atomic E-state index is 11.9. The fourth-order valence-electron chi connectivity index (χ4n) is 2.14. The number of ketones is 1. The Hall–Kier alpha value is -1.65. The number of hydrogen-bond donors (Lipinski definition) is 0. The molecule has 1 aromatic rings. The number of carbonyl (C=O) groups is 1. The first kappa shape index (κ1) is 11.8. The quantitative estimate of drug-likeness (QED) is 0.767. The van der Waals surface area contributed by atoms with Crippen LogP contribution in [-0.2, 0) is 4.79 Å². The Morgan fingerprint density at radius 1 is 1.41 bits per heavy atom. The van der Waals surface area contributed by atoms with Crippen molar-refractivity contribution in [2.45, 2.75) is 31.7 Å². The van der Waals surface area contributed by atoms with Gasteiger partial charge in [0.2, 0.25) is 0 Å². The van der Waals surface area contributed by atoms with Gasteiger partial charge in [-0.15, -0.1) is 0 Å². The van der Waals surface area contributed by atoms with Crippen molar-refractivity contribution in [2.24, 2.45) is 0 Å². The SMILES string of the molecule is CN(C)c1cnn(C2CCCC(=O)C2)c(=O)c1. The molecule has 92 valence electrons. The molecule has 0 bridgehead atoms. The van der Waals surface area contributed by atoms with Crippen molar-refractivity contribution >= 4 is 11.5 Å². The van der Waals surface area contributed by atoms with Crippen molar-refractivity contribution in [2.75, 3.05) is 19.0 Å². The number of nitrogens with zero attached hydrogens (tertiary/aromatic N) is 3. The molecule has 0 aromatic carbocycles. The largest absolute Gasteiger partial charge is 0.376 e. The average molecular weight is 235 g/mol. The third-order valence-electron chi connectivity index (χ3n) is 3.13. The lowest BCUT2D eigenvalue weighted by Crippen LogP contribution is -2.31. The number of anilines is 1. The molecule has 0 aliphatic heterocycles. The Labute approximate surface area is 100 Å². The van der Waals surface area contributed by atoms with Gasteiger partial charge in [-0.25, -0.2) is 4.68 Å². The minimum Gasteiger partial charge on any atom is -0.376 e. The molecule has 1 aliphatic carbocycles. The number of aromatic nitrogens is 2. The first-order valence-corrected chi connectivity index (χ1v) is 5.86. The zero-order valence-electron chi connectivity index (χ0n) is 10.2. The second-order valence-electron chi connectivity index (χ2n) is 4.68. The van der Waals surface area contributed by atoms with Gasteiger partial charge in [0, 0.05) is 33.0 Å². The Balaban J connectivity index is 2.27. The van der Waals surface area contributed by atoms with Crippen LogP contribution in [0.1, 0.15) is 31.7 Å². The van der Waals surface area contributed by atoms with E-state index in [0.717, 1.165) is 18.5 Å². The summed E-state index contributed by atoms with van der Waals surface area (Å²) in [5.74, 6) is 0.228. The topological polar surface area (TPSA) is 55.2 Å². The third-order valence-corrected chi connectivity index (χ3v) is 3.13. The molecule has 1 fully saturated rings. The maximum atomic E-state index is 11.9. The Morgan fingerprint density at radius 2 is 2.18 bits per heavy atom. The van der Waals surface area contributed by atoms with E-state index in [2.05, 4.69) is 5.10 Å². The van der Waals surface area contributed by atoms with E-state index in [-0.39, 0.29) is 17.4 Å². The van der Waals surface area contributed by atoms with Crippen LogP contribution in [0.4, 0.5) is 5.69 Å². The van der Waals surface area contributed by atoms with E-state index in [1.54, 1.807) is 12.3 Å². The molecular formula is C12H17N3O2. The van der Waals surface area contributed by atoms with Gasteiger partial charge >= 0.3 is 0 Å². The molecule has 5 nitrogen and oxygen atoms in total. The summed E-state index contributed by atoms with van der Waals surface area (Å²) in [4.78, 5) is 25.1. The van der Waals surface area contributed by atoms with Crippen molar-refractivity contribution < 1.29 is 4.79 Å². The molecule has 0 amide bonds. The molecule has 1 unspecified atom stereocenters. The van der Waals surface area contributed by atoms with Crippen LogP contribution in [0.5, 0.6) is 0 Å². The highest BCUT2D eigenvalue weighted by molar-refractivity contribution is 5.79. The number of hydrogen-bond acceptors (Lipinski definition) is 4. The molecule has 0 N–H and O–H groups in total. The van der Waals surface area contributed by atoms with Crippen LogP contribution >= 0.6 is 0 Å². The predicted octanol–water partition coefficient (Wildman–Crippen LogP) is 0.993. The molecule has 0 spiro atoms. The minimum atomic E-state index is -0.129. The number of Topliss-reactive ketones (excluding diaryl/α,β-unsaturated/α-hetero) is 1. The lowest BCUT2D eigenvalue weighted by molar-refractivity contribution is -0.121. The highest BCUT2D eigenvalue weighted by Crippen LogP contribution is 2.24. The molecule has 1 heterocycles. The van der Waals surface area contributed by atoms with E-state index in [1.807, 2.05) is 19.0 Å². The van der Waals surface area contributed by atoms with Gasteiger partial charge in [-0.2, -0.15) is 5.10 Å². The van der Waals surface area contributed by atoms with Crippen LogP contribution in [0.25, 0.3) is 0 Å². The summed E-state index contributed by atoms with van der Waals surface area (Å²) in [7, 11) is 3.73. The van der Waals surface area contributed by atoms with Crippen LogP contribution in [0.2, 0.25) is 0 Å². The van der Waals surface area contributed by atoms with E-state index in [0.29, 0.717) is 12.8 Å². The first-order chi connectivity index (χ1) is 8.08. The molecule has 5 heteroatoms. The van der Waals surface area contributed by atoms with Crippen LogP contribution in [-0.4, -0.2) is 29.7 Å². The fourth-order valence-corrected chi connectivity index (χ4v) is 2.14. The second kappa shape index (κ2) is 4.69. The standard InChI is InChI=1S/C12H17N3O2/c1-14(2)10-7-12(17)15(13-8-10)9-4-3-5-11(16)6-9/h7-9H,3-6H2,1-2H3. The Morgan fingerprint density at radius 3 is 2.76 bits per heavy atom. The smallest absolute Gasteiger partial charge is 0.269 e. The van der Waals surface area contributed by atoms with E-state index < -0.39 is 0 Å². The molecule has 0 radical (unpaired) electrons. The highest BCUT2D eigenvalue weighted by atomic mass is 16.1. The van der Waals surface area contributed by atoms with E-state index in [9.17, 15) is 9.59 Å². The van der Waals surface area contributed by atoms with Crippen molar-refractivity contribution in [3.63, 3.8) is 0 Å². The molecule has 2 rings (SSSR count). The summed E-state index contributed by atoms with van der Waals surface area (Å²) in [6.45, 7) is 0. The molecular weight excluding hydrogens is 218 g/mol. The van der Waals surface area contributed by atoms with Gasteiger partial charge < -0.3 is 4.90 Å². The first-order valence-electron chi connectivity index (χ1n) is 5.86. The molecule has 1 atom stereocenters. The van der Waals surface area contributed by atoms with Gasteiger partial charge in [-0.3, -0.25) is 9.59 Å². The molecule has 0 saturated heterocycles. The predicted molar refractivity (Wildman–Crippen MR) is 65.3 cm³/mol. The average Bonchev–Trinajstić information content (AvgIpc) is 2.28. The zero-order chi connectivity index (χ0) is 12.4. The van der Waals surface area contributed by atoms with Crippen LogP contribution < -0.4 is 10.5 Å². The maximum Gasteiger partial charge on any atom is 0.269 e. The summed E-state index contributed by atoms with van der Waals surface area (Å²) in [6.07, 6.45) is 4.46. The van der Waals surface area contributed by atoms with Gasteiger partial charge in [0.25, 0.3) is 5.56 Å². The van der Waals surface area contributed by atoms with Crippen LogP contribution in [0, 0.1) is 0 Å². The van der Waals surface area contributed by atoms with Crippen LogP contribution in [0.15, 0.2) is 17.1 Å². The third kappa shape index (κ3) is 2.54. The fraction of sp³-hybridized carbons (Fsp3) is 0.583. The lowest BCUT2D eigenvalue weighted by atomic mass is 9.94. The van der Waals surface area contributed by atoms with E-state index >= 15 is 0 Å². The normalized spacial score (nSPS) is 20.4. The van der Waals surface area contributed by atoms with Crippen molar-refractivity contribution in [3.8, 4) is 0 Å². The van der Waals surface area contributed by atoms with E-state index in [1.165, 1.54) is 4.68 Å². The highest BCUT2D eigenvalue weighted by Gasteiger charge is 2.22. The Bertz CT molecular complexity index is 479. The zero-order valence-corrected chi connectivity index (χ0v) is 10.2. The number of rotatable bonds is 2. The summed E-state index contributed by atoms with van der Waals surface area (Å²) >= 11 is 0. The van der Waals surface area contributed by atoms with Gasteiger partial charge in [-0.1, -0.05) is 0 Å².